The maximum absolute atomic E-state index is 12.5. The van der Waals surface area contributed by atoms with Crippen LogP contribution < -0.4 is 10.1 Å². The summed E-state index contributed by atoms with van der Waals surface area (Å²) in [6.45, 7) is 3.79. The Hall–Kier alpha value is -1.23. The monoisotopic (exact) mass is 401 g/mol. The van der Waals surface area contributed by atoms with Crippen molar-refractivity contribution >= 4 is 50.7 Å². The zero-order chi connectivity index (χ0) is 16.3. The van der Waals surface area contributed by atoms with Crippen LogP contribution in [-0.4, -0.2) is 12.0 Å². The Morgan fingerprint density at radius 1 is 1.18 bits per heavy atom. The van der Waals surface area contributed by atoms with Crippen LogP contribution in [0.25, 0.3) is 0 Å². The number of carbonyl (C=O) groups is 1. The first-order valence-corrected chi connectivity index (χ1v) is 8.15. The van der Waals surface area contributed by atoms with Gasteiger partial charge in [0.2, 0.25) is 0 Å². The van der Waals surface area contributed by atoms with Gasteiger partial charge in [-0.05, 0) is 44.2 Å². The Balaban J connectivity index is 2.35. The Labute approximate surface area is 147 Å². The maximum atomic E-state index is 12.5. The van der Waals surface area contributed by atoms with Crippen molar-refractivity contribution in [3.8, 4) is 5.75 Å². The van der Waals surface area contributed by atoms with E-state index in [2.05, 4.69) is 21.2 Å². The van der Waals surface area contributed by atoms with Crippen molar-refractivity contribution in [3.05, 3.63) is 56.5 Å². The van der Waals surface area contributed by atoms with Crippen LogP contribution in [0.4, 0.5) is 5.69 Å². The molecule has 0 aliphatic carbocycles. The molecule has 116 valence electrons. The van der Waals surface area contributed by atoms with Gasteiger partial charge in [-0.1, -0.05) is 45.2 Å². The highest BCUT2D eigenvalue weighted by Crippen LogP contribution is 2.31. The predicted molar refractivity (Wildman–Crippen MR) is 94.3 cm³/mol. The number of hydrogen-bond donors (Lipinski definition) is 1. The minimum Gasteiger partial charge on any atom is -0.490 e. The molecular formula is C16H14BrCl2NO2. The van der Waals surface area contributed by atoms with Gasteiger partial charge in [0, 0.05) is 4.47 Å². The van der Waals surface area contributed by atoms with Crippen LogP contribution >= 0.6 is 39.1 Å². The van der Waals surface area contributed by atoms with Crippen LogP contribution in [0.2, 0.25) is 10.0 Å². The molecule has 1 amide bonds. The van der Waals surface area contributed by atoms with Gasteiger partial charge in [0.05, 0.1) is 27.4 Å². The second-order valence-corrected chi connectivity index (χ2v) is 6.59. The van der Waals surface area contributed by atoms with Crippen LogP contribution in [0.3, 0.4) is 0 Å². The third-order valence-corrected chi connectivity index (χ3v) is 3.87. The number of anilines is 1. The van der Waals surface area contributed by atoms with Gasteiger partial charge < -0.3 is 10.1 Å². The molecule has 0 atom stereocenters. The smallest absolute Gasteiger partial charge is 0.259 e. The van der Waals surface area contributed by atoms with E-state index < -0.39 is 0 Å². The second kappa shape index (κ2) is 7.36. The summed E-state index contributed by atoms with van der Waals surface area (Å²) in [5.74, 6) is 0.158. The lowest BCUT2D eigenvalue weighted by atomic mass is 10.1. The lowest BCUT2D eigenvalue weighted by Gasteiger charge is -2.15. The molecule has 0 saturated carbocycles. The molecule has 0 bridgehead atoms. The zero-order valence-electron chi connectivity index (χ0n) is 12.0. The first kappa shape index (κ1) is 17.1. The van der Waals surface area contributed by atoms with E-state index in [0.29, 0.717) is 27.0 Å². The molecule has 3 nitrogen and oxygen atoms in total. The number of ether oxygens (including phenoxy) is 1. The van der Waals surface area contributed by atoms with Crippen molar-refractivity contribution < 1.29 is 9.53 Å². The van der Waals surface area contributed by atoms with Gasteiger partial charge in [0.1, 0.15) is 5.75 Å². The quantitative estimate of drug-likeness (QED) is 0.702. The van der Waals surface area contributed by atoms with Crippen LogP contribution in [0.5, 0.6) is 5.75 Å². The molecule has 2 aromatic carbocycles. The third-order valence-electron chi connectivity index (χ3n) is 2.75. The van der Waals surface area contributed by atoms with E-state index in [-0.39, 0.29) is 12.0 Å². The maximum Gasteiger partial charge on any atom is 0.259 e. The van der Waals surface area contributed by atoms with E-state index in [4.69, 9.17) is 27.9 Å². The van der Waals surface area contributed by atoms with Crippen LogP contribution in [-0.2, 0) is 0 Å². The number of rotatable bonds is 4. The Morgan fingerprint density at radius 3 is 2.41 bits per heavy atom. The average Bonchev–Trinajstić information content (AvgIpc) is 2.44. The second-order valence-electron chi connectivity index (χ2n) is 4.86. The van der Waals surface area contributed by atoms with E-state index >= 15 is 0 Å². The summed E-state index contributed by atoms with van der Waals surface area (Å²) in [7, 11) is 0. The van der Waals surface area contributed by atoms with E-state index in [1.807, 2.05) is 19.9 Å². The van der Waals surface area contributed by atoms with Crippen molar-refractivity contribution in [2.45, 2.75) is 20.0 Å². The topological polar surface area (TPSA) is 38.3 Å². The Kier molecular flexibility index (Phi) is 5.73. The van der Waals surface area contributed by atoms with E-state index in [1.165, 1.54) is 0 Å². The SMILES string of the molecule is CC(C)Oc1ccc(Br)cc1C(=O)Nc1c(Cl)cccc1Cl. The van der Waals surface area contributed by atoms with Crippen molar-refractivity contribution in [2.75, 3.05) is 5.32 Å². The number of amides is 1. The summed E-state index contributed by atoms with van der Waals surface area (Å²) >= 11 is 15.5. The van der Waals surface area contributed by atoms with Crippen molar-refractivity contribution in [3.63, 3.8) is 0 Å². The summed E-state index contributed by atoms with van der Waals surface area (Å²) < 4.78 is 6.45. The first-order chi connectivity index (χ1) is 10.4. The van der Waals surface area contributed by atoms with Gasteiger partial charge in [-0.2, -0.15) is 0 Å². The molecule has 0 radical (unpaired) electrons. The van der Waals surface area contributed by atoms with Crippen LogP contribution in [0.1, 0.15) is 24.2 Å². The fraction of sp³-hybridized carbons (Fsp3) is 0.188. The van der Waals surface area contributed by atoms with E-state index in [1.54, 1.807) is 30.3 Å². The van der Waals surface area contributed by atoms with Crippen molar-refractivity contribution in [1.82, 2.24) is 0 Å². The predicted octanol–water partition coefficient (Wildman–Crippen LogP) is 5.80. The Morgan fingerprint density at radius 2 is 1.82 bits per heavy atom. The van der Waals surface area contributed by atoms with Gasteiger partial charge in [-0.25, -0.2) is 0 Å². The van der Waals surface area contributed by atoms with Crippen molar-refractivity contribution in [2.24, 2.45) is 0 Å². The molecule has 2 rings (SSSR count). The molecule has 0 unspecified atom stereocenters. The van der Waals surface area contributed by atoms with Gasteiger partial charge in [0.15, 0.2) is 0 Å². The summed E-state index contributed by atoms with van der Waals surface area (Å²) in [4.78, 5) is 12.5. The molecule has 2 aromatic rings. The highest BCUT2D eigenvalue weighted by molar-refractivity contribution is 9.10. The summed E-state index contributed by atoms with van der Waals surface area (Å²) in [6, 6.07) is 10.3. The average molecular weight is 403 g/mol. The molecule has 0 saturated heterocycles. The van der Waals surface area contributed by atoms with Crippen molar-refractivity contribution in [1.29, 1.82) is 0 Å². The molecule has 0 aliphatic rings. The van der Waals surface area contributed by atoms with E-state index in [0.717, 1.165) is 4.47 Å². The molecule has 1 N–H and O–H groups in total. The molecule has 0 fully saturated rings. The molecule has 0 aliphatic heterocycles. The number of nitrogens with one attached hydrogen (secondary N) is 1. The highest BCUT2D eigenvalue weighted by atomic mass is 79.9. The van der Waals surface area contributed by atoms with Gasteiger partial charge in [0.25, 0.3) is 5.91 Å². The molecular weight excluding hydrogens is 389 g/mol. The Bertz CT molecular complexity index is 684. The number of hydrogen-bond acceptors (Lipinski definition) is 2. The fourth-order valence-corrected chi connectivity index (χ4v) is 2.69. The standard InChI is InChI=1S/C16H14BrCl2NO2/c1-9(2)22-14-7-6-10(17)8-11(14)16(21)20-15-12(18)4-3-5-13(15)19/h3-9H,1-2H3,(H,20,21). The number of carbonyl (C=O) groups excluding carboxylic acids is 1. The molecule has 0 heterocycles. The lowest BCUT2D eigenvalue weighted by Crippen LogP contribution is -2.16. The largest absolute Gasteiger partial charge is 0.490 e. The summed E-state index contributed by atoms with van der Waals surface area (Å²) in [5, 5.41) is 3.49. The lowest BCUT2D eigenvalue weighted by molar-refractivity contribution is 0.102. The molecule has 0 aromatic heterocycles. The van der Waals surface area contributed by atoms with Gasteiger partial charge in [-0.15, -0.1) is 0 Å². The van der Waals surface area contributed by atoms with Gasteiger partial charge >= 0.3 is 0 Å². The minimum atomic E-state index is -0.341. The normalized spacial score (nSPS) is 10.6. The number of halogens is 3. The molecule has 0 spiro atoms. The highest BCUT2D eigenvalue weighted by Gasteiger charge is 2.17. The summed E-state index contributed by atoms with van der Waals surface area (Å²) in [6.07, 6.45) is -0.0448. The van der Waals surface area contributed by atoms with Crippen LogP contribution in [0, 0.1) is 0 Å². The number of benzene rings is 2. The van der Waals surface area contributed by atoms with E-state index in [9.17, 15) is 4.79 Å². The summed E-state index contributed by atoms with van der Waals surface area (Å²) in [5.41, 5.74) is 0.783. The molecule has 22 heavy (non-hydrogen) atoms. The van der Waals surface area contributed by atoms with Gasteiger partial charge in [-0.3, -0.25) is 4.79 Å². The zero-order valence-corrected chi connectivity index (χ0v) is 15.1. The van der Waals surface area contributed by atoms with Crippen LogP contribution in [0.15, 0.2) is 40.9 Å². The minimum absolute atomic E-state index is 0.0448. The molecule has 6 heteroatoms. The number of para-hydroxylation sites is 1. The third kappa shape index (κ3) is 4.15. The fourth-order valence-electron chi connectivity index (χ4n) is 1.83. The first-order valence-electron chi connectivity index (χ1n) is 6.60.